The highest BCUT2D eigenvalue weighted by molar-refractivity contribution is 5.92. The van der Waals surface area contributed by atoms with Gasteiger partial charge >= 0.3 is 6.18 Å². The molecule has 1 aliphatic carbocycles. The first-order chi connectivity index (χ1) is 15.6. The van der Waals surface area contributed by atoms with Crippen LogP contribution in [0.25, 0.3) is 0 Å². The molecule has 0 radical (unpaired) electrons. The Labute approximate surface area is 191 Å². The first-order valence-electron chi connectivity index (χ1n) is 10.9. The molecule has 2 amide bonds. The number of amides is 2. The minimum atomic E-state index is -4.45. The summed E-state index contributed by atoms with van der Waals surface area (Å²) in [5, 5.41) is 8.57. The molecule has 33 heavy (non-hydrogen) atoms. The van der Waals surface area contributed by atoms with Gasteiger partial charge in [-0.3, -0.25) is 9.59 Å². The zero-order valence-electron chi connectivity index (χ0n) is 18.8. The van der Waals surface area contributed by atoms with Gasteiger partial charge in [0, 0.05) is 25.2 Å². The SMILES string of the molecule is CN(C)CCC(=O)NC1(C(=O)NCc2ccc(Nc3ccccc3C(F)(F)F)cc2)CCC1. The molecule has 0 bridgehead atoms. The Bertz CT molecular complexity index is 970. The molecule has 0 heterocycles. The van der Waals surface area contributed by atoms with Crippen LogP contribution in [0, 0.1) is 0 Å². The summed E-state index contributed by atoms with van der Waals surface area (Å²) in [6, 6.07) is 12.1. The first-order valence-corrected chi connectivity index (χ1v) is 10.9. The van der Waals surface area contributed by atoms with Crippen LogP contribution < -0.4 is 16.0 Å². The average Bonchev–Trinajstić information content (AvgIpc) is 2.73. The number of alkyl halides is 3. The number of rotatable bonds is 9. The van der Waals surface area contributed by atoms with Crippen molar-refractivity contribution in [2.75, 3.05) is 26.0 Å². The van der Waals surface area contributed by atoms with E-state index in [9.17, 15) is 22.8 Å². The molecule has 178 valence electrons. The number of carbonyl (C=O) groups excluding carboxylic acids is 2. The van der Waals surface area contributed by atoms with Crippen molar-refractivity contribution < 1.29 is 22.8 Å². The highest BCUT2D eigenvalue weighted by atomic mass is 19.4. The third-order valence-corrected chi connectivity index (χ3v) is 5.73. The largest absolute Gasteiger partial charge is 0.418 e. The van der Waals surface area contributed by atoms with E-state index in [4.69, 9.17) is 0 Å². The van der Waals surface area contributed by atoms with Gasteiger partial charge in [0.25, 0.3) is 0 Å². The van der Waals surface area contributed by atoms with Gasteiger partial charge in [-0.25, -0.2) is 0 Å². The summed E-state index contributed by atoms with van der Waals surface area (Å²) in [5.41, 5.74) is -0.314. The Hall–Kier alpha value is -3.07. The second-order valence-electron chi connectivity index (χ2n) is 8.59. The van der Waals surface area contributed by atoms with Crippen molar-refractivity contribution in [1.82, 2.24) is 15.5 Å². The lowest BCUT2D eigenvalue weighted by atomic mass is 9.75. The van der Waals surface area contributed by atoms with E-state index in [-0.39, 0.29) is 24.0 Å². The maximum absolute atomic E-state index is 13.2. The van der Waals surface area contributed by atoms with E-state index >= 15 is 0 Å². The van der Waals surface area contributed by atoms with Crippen LogP contribution in [0.5, 0.6) is 0 Å². The molecule has 3 N–H and O–H groups in total. The maximum Gasteiger partial charge on any atom is 0.418 e. The molecular weight excluding hydrogens is 433 g/mol. The van der Waals surface area contributed by atoms with E-state index in [1.54, 1.807) is 24.3 Å². The monoisotopic (exact) mass is 462 g/mol. The van der Waals surface area contributed by atoms with Crippen molar-refractivity contribution in [2.45, 2.75) is 43.9 Å². The van der Waals surface area contributed by atoms with Gasteiger partial charge in [-0.1, -0.05) is 24.3 Å². The molecule has 0 saturated heterocycles. The summed E-state index contributed by atoms with van der Waals surface area (Å²) >= 11 is 0. The van der Waals surface area contributed by atoms with Crippen molar-refractivity contribution in [3.63, 3.8) is 0 Å². The van der Waals surface area contributed by atoms with E-state index in [0.717, 1.165) is 18.1 Å². The Morgan fingerprint density at radius 1 is 1.03 bits per heavy atom. The van der Waals surface area contributed by atoms with Crippen LogP contribution in [0.15, 0.2) is 48.5 Å². The quantitative estimate of drug-likeness (QED) is 0.526. The number of halogens is 3. The van der Waals surface area contributed by atoms with Crippen molar-refractivity contribution in [1.29, 1.82) is 0 Å². The predicted octanol–water partition coefficient (Wildman–Crippen LogP) is 4.06. The lowest BCUT2D eigenvalue weighted by molar-refractivity contribution is -0.137. The van der Waals surface area contributed by atoms with Crippen LogP contribution in [-0.4, -0.2) is 42.9 Å². The number of nitrogens with one attached hydrogen (secondary N) is 3. The van der Waals surface area contributed by atoms with Gasteiger partial charge in [0.15, 0.2) is 0 Å². The molecule has 2 aromatic rings. The molecule has 1 aliphatic rings. The van der Waals surface area contributed by atoms with E-state index in [0.29, 0.717) is 31.5 Å². The van der Waals surface area contributed by atoms with Crippen LogP contribution in [0.2, 0.25) is 0 Å². The van der Waals surface area contributed by atoms with Gasteiger partial charge < -0.3 is 20.9 Å². The van der Waals surface area contributed by atoms with Crippen molar-refractivity contribution >= 4 is 23.2 Å². The Balaban J connectivity index is 1.56. The molecule has 9 heteroatoms. The summed E-state index contributed by atoms with van der Waals surface area (Å²) in [4.78, 5) is 26.9. The number of nitrogens with zero attached hydrogens (tertiary/aromatic N) is 1. The minimum absolute atomic E-state index is 0.0250. The number of hydrogen-bond acceptors (Lipinski definition) is 4. The van der Waals surface area contributed by atoms with E-state index < -0.39 is 17.3 Å². The lowest BCUT2D eigenvalue weighted by Gasteiger charge is -2.41. The summed E-state index contributed by atoms with van der Waals surface area (Å²) < 4.78 is 39.5. The van der Waals surface area contributed by atoms with E-state index in [1.165, 1.54) is 18.2 Å². The Morgan fingerprint density at radius 2 is 1.70 bits per heavy atom. The van der Waals surface area contributed by atoms with Gasteiger partial charge in [-0.05, 0) is 63.2 Å². The van der Waals surface area contributed by atoms with Gasteiger partial charge in [-0.2, -0.15) is 13.2 Å². The smallest absolute Gasteiger partial charge is 0.355 e. The summed E-state index contributed by atoms with van der Waals surface area (Å²) in [5.74, 6) is -0.360. The number of benzene rings is 2. The van der Waals surface area contributed by atoms with Crippen molar-refractivity contribution in [2.24, 2.45) is 0 Å². The van der Waals surface area contributed by atoms with E-state index in [2.05, 4.69) is 16.0 Å². The van der Waals surface area contributed by atoms with Crippen LogP contribution in [0.1, 0.15) is 36.8 Å². The molecule has 1 saturated carbocycles. The number of anilines is 2. The topological polar surface area (TPSA) is 73.5 Å². The van der Waals surface area contributed by atoms with Crippen molar-refractivity contribution in [3.05, 3.63) is 59.7 Å². The average molecular weight is 463 g/mol. The highest BCUT2D eigenvalue weighted by Gasteiger charge is 2.45. The second kappa shape index (κ2) is 10.2. The molecule has 3 rings (SSSR count). The molecule has 0 spiro atoms. The second-order valence-corrected chi connectivity index (χ2v) is 8.59. The number of hydrogen-bond donors (Lipinski definition) is 3. The minimum Gasteiger partial charge on any atom is -0.355 e. The predicted molar refractivity (Wildman–Crippen MR) is 121 cm³/mol. The van der Waals surface area contributed by atoms with Crippen LogP contribution in [0.3, 0.4) is 0 Å². The van der Waals surface area contributed by atoms with E-state index in [1.807, 2.05) is 19.0 Å². The molecule has 6 nitrogen and oxygen atoms in total. The molecule has 1 fully saturated rings. The molecule has 0 atom stereocenters. The molecule has 0 aromatic heterocycles. The Morgan fingerprint density at radius 3 is 2.27 bits per heavy atom. The summed E-state index contributed by atoms with van der Waals surface area (Å²) in [6.45, 7) is 0.866. The number of carbonyl (C=O) groups is 2. The Kier molecular flexibility index (Phi) is 7.63. The lowest BCUT2D eigenvalue weighted by Crippen LogP contribution is -2.62. The van der Waals surface area contributed by atoms with Crippen LogP contribution in [0.4, 0.5) is 24.5 Å². The molecular formula is C24H29F3N4O2. The summed E-state index contributed by atoms with van der Waals surface area (Å²) in [6.07, 6.45) is -2.04. The highest BCUT2D eigenvalue weighted by Crippen LogP contribution is 2.36. The van der Waals surface area contributed by atoms with Gasteiger partial charge in [0.05, 0.1) is 11.3 Å². The zero-order chi connectivity index (χ0) is 24.1. The molecule has 2 aromatic carbocycles. The summed E-state index contributed by atoms with van der Waals surface area (Å²) in [7, 11) is 3.77. The third-order valence-electron chi connectivity index (χ3n) is 5.73. The fourth-order valence-corrected chi connectivity index (χ4v) is 3.65. The fourth-order valence-electron chi connectivity index (χ4n) is 3.65. The maximum atomic E-state index is 13.2. The van der Waals surface area contributed by atoms with Gasteiger partial charge in [0.1, 0.15) is 5.54 Å². The van der Waals surface area contributed by atoms with Crippen LogP contribution in [-0.2, 0) is 22.3 Å². The number of para-hydroxylation sites is 1. The van der Waals surface area contributed by atoms with Gasteiger partial charge in [0.2, 0.25) is 11.8 Å². The van der Waals surface area contributed by atoms with Crippen molar-refractivity contribution in [3.8, 4) is 0 Å². The van der Waals surface area contributed by atoms with Gasteiger partial charge in [-0.15, -0.1) is 0 Å². The molecule has 0 aliphatic heterocycles. The third kappa shape index (κ3) is 6.47. The zero-order valence-corrected chi connectivity index (χ0v) is 18.8. The normalized spacial score (nSPS) is 15.0. The van der Waals surface area contributed by atoms with Crippen LogP contribution >= 0.6 is 0 Å². The standard InChI is InChI=1S/C24H29F3N4O2/c1-31(2)15-12-21(32)30-23(13-5-14-23)22(33)28-16-17-8-10-18(11-9-17)29-20-7-4-3-6-19(20)24(25,26)27/h3-4,6-11,29H,5,12-16H2,1-2H3,(H,28,33)(H,30,32). The first kappa shape index (κ1) is 24.6. The molecule has 0 unspecified atom stereocenters. The fraction of sp³-hybridized carbons (Fsp3) is 0.417.